The van der Waals surface area contributed by atoms with Crippen molar-refractivity contribution < 1.29 is 4.42 Å². The predicted octanol–water partition coefficient (Wildman–Crippen LogP) is 1.61. The summed E-state index contributed by atoms with van der Waals surface area (Å²) < 4.78 is 5.78. The van der Waals surface area contributed by atoms with E-state index in [2.05, 4.69) is 29.7 Å². The molecule has 0 spiro atoms. The van der Waals surface area contributed by atoms with Gasteiger partial charge in [0.2, 0.25) is 0 Å². The molecule has 102 valence electrons. The van der Waals surface area contributed by atoms with Crippen molar-refractivity contribution in [2.24, 2.45) is 5.73 Å². The average molecular weight is 251 g/mol. The molecule has 4 heteroatoms. The Hall–Kier alpha value is -0.840. The number of aryl methyl sites for hydroxylation is 1. The van der Waals surface area contributed by atoms with E-state index in [1.54, 1.807) is 0 Å². The van der Waals surface area contributed by atoms with Crippen LogP contribution in [0.2, 0.25) is 0 Å². The minimum absolute atomic E-state index is 0.0868. The number of nitrogens with two attached hydrogens (primary N) is 1. The molecule has 2 unspecified atom stereocenters. The molecule has 0 radical (unpaired) electrons. The van der Waals surface area contributed by atoms with Crippen LogP contribution >= 0.6 is 0 Å². The first kappa shape index (κ1) is 13.6. The first-order valence-corrected chi connectivity index (χ1v) is 6.90. The van der Waals surface area contributed by atoms with Crippen LogP contribution in [0.4, 0.5) is 0 Å². The van der Waals surface area contributed by atoms with Crippen LogP contribution in [-0.4, -0.2) is 48.6 Å². The summed E-state index contributed by atoms with van der Waals surface area (Å²) in [5, 5.41) is 0. The lowest BCUT2D eigenvalue weighted by Gasteiger charge is -2.39. The maximum absolute atomic E-state index is 6.16. The van der Waals surface area contributed by atoms with E-state index in [0.717, 1.165) is 44.2 Å². The molecule has 1 aliphatic heterocycles. The van der Waals surface area contributed by atoms with Gasteiger partial charge in [-0.15, -0.1) is 0 Å². The molecule has 1 fully saturated rings. The number of hydrogen-bond donors (Lipinski definition) is 1. The average Bonchev–Trinajstić information content (AvgIpc) is 2.76. The molecule has 4 nitrogen and oxygen atoms in total. The molecule has 1 aliphatic rings. The molecule has 0 amide bonds. The fourth-order valence-corrected chi connectivity index (χ4v) is 2.74. The van der Waals surface area contributed by atoms with Crippen molar-refractivity contribution >= 4 is 0 Å². The summed E-state index contributed by atoms with van der Waals surface area (Å²) in [6.45, 7) is 11.8. The van der Waals surface area contributed by atoms with Crippen LogP contribution in [0, 0.1) is 6.92 Å². The van der Waals surface area contributed by atoms with Crippen LogP contribution < -0.4 is 5.73 Å². The van der Waals surface area contributed by atoms with Gasteiger partial charge in [-0.05, 0) is 32.5 Å². The number of hydrogen-bond acceptors (Lipinski definition) is 4. The Kier molecular flexibility index (Phi) is 4.43. The van der Waals surface area contributed by atoms with E-state index in [-0.39, 0.29) is 12.1 Å². The Balaban J connectivity index is 2.07. The summed E-state index contributed by atoms with van der Waals surface area (Å²) in [7, 11) is 0. The molecule has 1 saturated heterocycles. The van der Waals surface area contributed by atoms with E-state index in [9.17, 15) is 0 Å². The maximum Gasteiger partial charge on any atom is 0.122 e. The van der Waals surface area contributed by atoms with Crippen molar-refractivity contribution in [1.29, 1.82) is 0 Å². The number of rotatable bonds is 4. The van der Waals surface area contributed by atoms with Crippen LogP contribution in [-0.2, 0) is 0 Å². The van der Waals surface area contributed by atoms with Crippen LogP contribution in [0.5, 0.6) is 0 Å². The number of likely N-dealkylation sites (N-methyl/N-ethyl adjacent to an activating group) is 1. The number of piperazine rings is 1. The van der Waals surface area contributed by atoms with E-state index >= 15 is 0 Å². The fraction of sp³-hybridized carbons (Fsp3) is 0.714. The Labute approximate surface area is 110 Å². The van der Waals surface area contributed by atoms with Crippen molar-refractivity contribution in [3.05, 3.63) is 23.7 Å². The molecule has 0 aliphatic carbocycles. The number of nitrogens with zero attached hydrogens (tertiary/aromatic N) is 2. The molecule has 2 rings (SSSR count). The third kappa shape index (κ3) is 2.94. The van der Waals surface area contributed by atoms with Crippen molar-refractivity contribution in [3.8, 4) is 0 Å². The van der Waals surface area contributed by atoms with E-state index < -0.39 is 0 Å². The first-order chi connectivity index (χ1) is 8.61. The Morgan fingerprint density at radius 2 is 1.94 bits per heavy atom. The summed E-state index contributed by atoms with van der Waals surface area (Å²) in [6.07, 6.45) is 0. The van der Waals surface area contributed by atoms with Crippen LogP contribution in [0.3, 0.4) is 0 Å². The monoisotopic (exact) mass is 251 g/mol. The molecule has 2 N–H and O–H groups in total. The molecule has 0 aromatic carbocycles. The first-order valence-electron chi connectivity index (χ1n) is 6.90. The van der Waals surface area contributed by atoms with E-state index in [4.69, 9.17) is 10.2 Å². The normalized spacial score (nSPS) is 22.0. The summed E-state index contributed by atoms with van der Waals surface area (Å²) in [5.74, 6) is 1.97. The zero-order chi connectivity index (χ0) is 13.1. The molecule has 0 saturated carbocycles. The highest BCUT2D eigenvalue weighted by atomic mass is 16.3. The zero-order valence-electron chi connectivity index (χ0n) is 11.7. The molecule has 1 aromatic rings. The minimum Gasteiger partial charge on any atom is -0.465 e. The SMILES string of the molecule is CCN1CCN(C(c2ccc(C)o2)C(C)N)CC1. The van der Waals surface area contributed by atoms with Crippen molar-refractivity contribution in [2.45, 2.75) is 32.9 Å². The van der Waals surface area contributed by atoms with Crippen LogP contribution in [0.25, 0.3) is 0 Å². The lowest BCUT2D eigenvalue weighted by molar-refractivity contribution is 0.0793. The summed E-state index contributed by atoms with van der Waals surface area (Å²) >= 11 is 0. The lowest BCUT2D eigenvalue weighted by Crippen LogP contribution is -2.50. The second-order valence-electron chi connectivity index (χ2n) is 5.22. The predicted molar refractivity (Wildman–Crippen MR) is 73.5 cm³/mol. The quantitative estimate of drug-likeness (QED) is 0.883. The van der Waals surface area contributed by atoms with Gasteiger partial charge in [-0.1, -0.05) is 6.92 Å². The third-order valence-electron chi connectivity index (χ3n) is 3.80. The molecule has 2 heterocycles. The van der Waals surface area contributed by atoms with Gasteiger partial charge in [0.25, 0.3) is 0 Å². The Bertz CT molecular complexity index is 367. The minimum atomic E-state index is 0.0868. The Morgan fingerprint density at radius 1 is 1.28 bits per heavy atom. The molecule has 18 heavy (non-hydrogen) atoms. The fourth-order valence-electron chi connectivity index (χ4n) is 2.74. The van der Waals surface area contributed by atoms with E-state index in [1.165, 1.54) is 0 Å². The van der Waals surface area contributed by atoms with Gasteiger partial charge < -0.3 is 15.1 Å². The van der Waals surface area contributed by atoms with Gasteiger partial charge in [0, 0.05) is 32.2 Å². The van der Waals surface area contributed by atoms with Crippen LogP contribution in [0.1, 0.15) is 31.4 Å². The largest absolute Gasteiger partial charge is 0.465 e. The highest BCUT2D eigenvalue weighted by molar-refractivity contribution is 5.12. The third-order valence-corrected chi connectivity index (χ3v) is 3.80. The van der Waals surface area contributed by atoms with Gasteiger partial charge in [0.05, 0.1) is 6.04 Å². The molecular weight excluding hydrogens is 226 g/mol. The van der Waals surface area contributed by atoms with Gasteiger partial charge >= 0.3 is 0 Å². The zero-order valence-corrected chi connectivity index (χ0v) is 11.7. The van der Waals surface area contributed by atoms with Gasteiger partial charge in [-0.2, -0.15) is 0 Å². The molecular formula is C14H25N3O. The second-order valence-corrected chi connectivity index (χ2v) is 5.22. The maximum atomic E-state index is 6.16. The standard InChI is InChI=1S/C14H25N3O/c1-4-16-7-9-17(10-8-16)14(12(3)15)13-6-5-11(2)18-13/h5-6,12,14H,4,7-10,15H2,1-3H3. The summed E-state index contributed by atoms with van der Waals surface area (Å²) in [6, 6.07) is 4.38. The van der Waals surface area contributed by atoms with Crippen molar-refractivity contribution in [1.82, 2.24) is 9.80 Å². The molecule has 0 bridgehead atoms. The van der Waals surface area contributed by atoms with E-state index in [0.29, 0.717) is 0 Å². The smallest absolute Gasteiger partial charge is 0.122 e. The Morgan fingerprint density at radius 3 is 2.39 bits per heavy atom. The summed E-state index contributed by atoms with van der Waals surface area (Å²) in [4.78, 5) is 4.93. The second kappa shape index (κ2) is 5.87. The van der Waals surface area contributed by atoms with Crippen molar-refractivity contribution in [3.63, 3.8) is 0 Å². The highest BCUT2D eigenvalue weighted by Gasteiger charge is 2.29. The van der Waals surface area contributed by atoms with Crippen LogP contribution in [0.15, 0.2) is 16.5 Å². The summed E-state index contributed by atoms with van der Waals surface area (Å²) in [5.41, 5.74) is 6.16. The van der Waals surface area contributed by atoms with Crippen molar-refractivity contribution in [2.75, 3.05) is 32.7 Å². The van der Waals surface area contributed by atoms with Gasteiger partial charge in [-0.3, -0.25) is 4.90 Å². The van der Waals surface area contributed by atoms with Gasteiger partial charge in [-0.25, -0.2) is 0 Å². The number of furan rings is 1. The highest BCUT2D eigenvalue weighted by Crippen LogP contribution is 2.26. The lowest BCUT2D eigenvalue weighted by atomic mass is 10.1. The van der Waals surface area contributed by atoms with E-state index in [1.807, 2.05) is 13.0 Å². The molecule has 2 atom stereocenters. The van der Waals surface area contributed by atoms with Gasteiger partial charge in [0.15, 0.2) is 0 Å². The van der Waals surface area contributed by atoms with Gasteiger partial charge in [0.1, 0.15) is 11.5 Å². The molecule has 1 aromatic heterocycles. The topological polar surface area (TPSA) is 45.6 Å².